The van der Waals surface area contributed by atoms with Crippen LogP contribution in [0.5, 0.6) is 0 Å². The Morgan fingerprint density at radius 3 is 2.30 bits per heavy atom. The number of nitrogens with one attached hydrogen (secondary N) is 2. The molecule has 0 aromatic heterocycles. The fourth-order valence-corrected chi connectivity index (χ4v) is 2.25. The van der Waals surface area contributed by atoms with Gasteiger partial charge in [-0.25, -0.2) is 13.2 Å². The van der Waals surface area contributed by atoms with Gasteiger partial charge in [0.15, 0.2) is 9.84 Å². The second-order valence-corrected chi connectivity index (χ2v) is 6.23. The van der Waals surface area contributed by atoms with Crippen molar-refractivity contribution in [2.24, 2.45) is 0 Å². The zero-order valence-corrected chi connectivity index (χ0v) is 11.7. The molecule has 7 nitrogen and oxygen atoms in total. The Balaban J connectivity index is 2.58. The molecule has 110 valence electrons. The van der Waals surface area contributed by atoms with Crippen molar-refractivity contribution in [3.8, 4) is 0 Å². The van der Waals surface area contributed by atoms with Gasteiger partial charge in [0.2, 0.25) is 0 Å². The Kier molecular flexibility index (Phi) is 5.51. The second kappa shape index (κ2) is 6.90. The van der Waals surface area contributed by atoms with Crippen LogP contribution in [0.3, 0.4) is 0 Å². The maximum atomic E-state index is 11.6. The van der Waals surface area contributed by atoms with Crippen LogP contribution in [0.2, 0.25) is 0 Å². The number of urea groups is 1. The van der Waals surface area contributed by atoms with Crippen LogP contribution in [-0.2, 0) is 14.6 Å². The van der Waals surface area contributed by atoms with Gasteiger partial charge < -0.3 is 15.7 Å². The topological polar surface area (TPSA) is 113 Å². The molecule has 0 bridgehead atoms. The molecule has 0 spiro atoms. The molecule has 3 N–H and O–H groups in total. The molecule has 0 saturated carbocycles. The predicted molar refractivity (Wildman–Crippen MR) is 73.4 cm³/mol. The molecule has 0 atom stereocenters. The third-order valence-electron chi connectivity index (χ3n) is 2.48. The summed E-state index contributed by atoms with van der Waals surface area (Å²) in [4.78, 5) is 21.9. The van der Waals surface area contributed by atoms with Crippen LogP contribution in [0.25, 0.3) is 0 Å². The number of carboxylic acid groups (broad SMARTS) is 1. The number of carboxylic acids is 1. The van der Waals surface area contributed by atoms with E-state index in [2.05, 4.69) is 10.6 Å². The van der Waals surface area contributed by atoms with E-state index < -0.39 is 21.8 Å². The van der Waals surface area contributed by atoms with Crippen molar-refractivity contribution < 1.29 is 23.1 Å². The van der Waals surface area contributed by atoms with Gasteiger partial charge in [-0.05, 0) is 24.3 Å². The summed E-state index contributed by atoms with van der Waals surface area (Å²) < 4.78 is 23.2. The minimum absolute atomic E-state index is 0.00937. The van der Waals surface area contributed by atoms with Crippen molar-refractivity contribution in [1.29, 1.82) is 0 Å². The van der Waals surface area contributed by atoms with Gasteiger partial charge in [-0.3, -0.25) is 4.79 Å². The highest BCUT2D eigenvalue weighted by atomic mass is 32.2. The summed E-state index contributed by atoms with van der Waals surface area (Å²) in [5.74, 6) is -0.991. The molecule has 0 radical (unpaired) electrons. The first kappa shape index (κ1) is 16.0. The molecule has 0 unspecified atom stereocenters. The molecule has 0 saturated heterocycles. The van der Waals surface area contributed by atoms with Crippen molar-refractivity contribution in [2.75, 3.05) is 17.6 Å². The summed E-state index contributed by atoms with van der Waals surface area (Å²) in [5, 5.41) is 13.3. The summed E-state index contributed by atoms with van der Waals surface area (Å²) in [6, 6.07) is 5.22. The highest BCUT2D eigenvalue weighted by Gasteiger charge is 2.11. The minimum atomic E-state index is -3.26. The Hall–Kier alpha value is -2.09. The molecule has 1 aromatic carbocycles. The molecule has 0 heterocycles. The SMILES string of the molecule is CCS(=O)(=O)c1ccc(NC(=O)NCCC(=O)O)cc1. The lowest BCUT2D eigenvalue weighted by atomic mass is 10.3. The molecule has 2 amide bonds. The van der Waals surface area contributed by atoms with E-state index in [9.17, 15) is 18.0 Å². The number of benzene rings is 1. The van der Waals surface area contributed by atoms with Crippen LogP contribution in [-0.4, -0.2) is 37.8 Å². The average molecular weight is 300 g/mol. The number of carbonyl (C=O) groups is 2. The summed E-state index contributed by atoms with van der Waals surface area (Å²) in [6.07, 6.45) is -0.166. The zero-order chi connectivity index (χ0) is 15.2. The van der Waals surface area contributed by atoms with E-state index in [1.165, 1.54) is 24.3 Å². The second-order valence-electron chi connectivity index (χ2n) is 3.95. The summed E-state index contributed by atoms with van der Waals surface area (Å²) >= 11 is 0. The minimum Gasteiger partial charge on any atom is -0.481 e. The van der Waals surface area contributed by atoms with Gasteiger partial charge in [0.1, 0.15) is 0 Å². The summed E-state index contributed by atoms with van der Waals surface area (Å²) in [7, 11) is -3.26. The van der Waals surface area contributed by atoms with Crippen molar-refractivity contribution >= 4 is 27.5 Å². The standard InChI is InChI=1S/C12H16N2O5S/c1-2-20(18,19)10-5-3-9(4-6-10)14-12(17)13-8-7-11(15)16/h3-6H,2,7-8H2,1H3,(H,15,16)(H2,13,14,17). The summed E-state index contributed by atoms with van der Waals surface area (Å²) in [5.41, 5.74) is 0.424. The molecular weight excluding hydrogens is 284 g/mol. The quantitative estimate of drug-likeness (QED) is 0.727. The smallest absolute Gasteiger partial charge is 0.319 e. The van der Waals surface area contributed by atoms with Gasteiger partial charge in [0, 0.05) is 12.2 Å². The van der Waals surface area contributed by atoms with Crippen LogP contribution in [0.1, 0.15) is 13.3 Å². The van der Waals surface area contributed by atoms with E-state index in [1.807, 2.05) is 0 Å². The van der Waals surface area contributed by atoms with Crippen molar-refractivity contribution in [3.63, 3.8) is 0 Å². The van der Waals surface area contributed by atoms with Crippen molar-refractivity contribution in [1.82, 2.24) is 5.32 Å². The number of carbonyl (C=O) groups excluding carboxylic acids is 1. The fraction of sp³-hybridized carbons (Fsp3) is 0.333. The number of anilines is 1. The third kappa shape index (κ3) is 4.88. The van der Waals surface area contributed by atoms with Crippen LogP contribution >= 0.6 is 0 Å². The van der Waals surface area contributed by atoms with Gasteiger partial charge in [-0.1, -0.05) is 6.92 Å². The van der Waals surface area contributed by atoms with Gasteiger partial charge in [0.25, 0.3) is 0 Å². The van der Waals surface area contributed by atoms with E-state index in [0.29, 0.717) is 5.69 Å². The zero-order valence-electron chi connectivity index (χ0n) is 10.9. The lowest BCUT2D eigenvalue weighted by molar-refractivity contribution is -0.136. The average Bonchev–Trinajstić information content (AvgIpc) is 2.39. The molecular formula is C12H16N2O5S. The number of amides is 2. The Morgan fingerprint density at radius 2 is 1.80 bits per heavy atom. The van der Waals surface area contributed by atoms with Gasteiger partial charge >= 0.3 is 12.0 Å². The molecule has 0 aliphatic rings. The van der Waals surface area contributed by atoms with Crippen LogP contribution in [0.15, 0.2) is 29.2 Å². The van der Waals surface area contributed by atoms with Crippen LogP contribution in [0.4, 0.5) is 10.5 Å². The molecule has 0 aliphatic heterocycles. The van der Waals surface area contributed by atoms with Gasteiger partial charge in [-0.2, -0.15) is 0 Å². The Morgan fingerprint density at radius 1 is 1.20 bits per heavy atom. The largest absolute Gasteiger partial charge is 0.481 e. The molecule has 1 rings (SSSR count). The number of hydrogen-bond acceptors (Lipinski definition) is 4. The lowest BCUT2D eigenvalue weighted by Gasteiger charge is -2.07. The van der Waals surface area contributed by atoms with Crippen molar-refractivity contribution in [3.05, 3.63) is 24.3 Å². The normalized spacial score (nSPS) is 10.8. The molecule has 20 heavy (non-hydrogen) atoms. The number of sulfone groups is 1. The highest BCUT2D eigenvalue weighted by molar-refractivity contribution is 7.91. The number of aliphatic carboxylic acids is 1. The molecule has 0 fully saturated rings. The third-order valence-corrected chi connectivity index (χ3v) is 4.23. The fourth-order valence-electron chi connectivity index (χ4n) is 1.37. The van der Waals surface area contributed by atoms with E-state index in [0.717, 1.165) is 0 Å². The van der Waals surface area contributed by atoms with Gasteiger partial charge in [-0.15, -0.1) is 0 Å². The molecule has 8 heteroatoms. The highest BCUT2D eigenvalue weighted by Crippen LogP contribution is 2.15. The molecule has 1 aromatic rings. The van der Waals surface area contributed by atoms with Gasteiger partial charge in [0.05, 0.1) is 17.1 Å². The first-order valence-corrected chi connectivity index (χ1v) is 7.60. The van der Waals surface area contributed by atoms with Crippen molar-refractivity contribution in [2.45, 2.75) is 18.2 Å². The van der Waals surface area contributed by atoms with E-state index in [4.69, 9.17) is 5.11 Å². The van der Waals surface area contributed by atoms with E-state index in [1.54, 1.807) is 6.92 Å². The maximum absolute atomic E-state index is 11.6. The monoisotopic (exact) mass is 300 g/mol. The maximum Gasteiger partial charge on any atom is 0.319 e. The first-order valence-electron chi connectivity index (χ1n) is 5.94. The lowest BCUT2D eigenvalue weighted by Crippen LogP contribution is -2.30. The predicted octanol–water partition coefficient (Wildman–Crippen LogP) is 1.08. The molecule has 0 aliphatic carbocycles. The Bertz CT molecular complexity index is 580. The Labute approximate surface area is 116 Å². The van der Waals surface area contributed by atoms with E-state index >= 15 is 0 Å². The van der Waals surface area contributed by atoms with E-state index in [-0.39, 0.29) is 23.6 Å². The summed E-state index contributed by atoms with van der Waals surface area (Å²) in [6.45, 7) is 1.57. The first-order chi connectivity index (χ1) is 9.35. The van der Waals surface area contributed by atoms with Crippen LogP contribution < -0.4 is 10.6 Å². The van der Waals surface area contributed by atoms with Crippen LogP contribution in [0, 0.1) is 0 Å². The number of hydrogen-bond donors (Lipinski definition) is 3. The number of rotatable bonds is 6.